The summed E-state index contributed by atoms with van der Waals surface area (Å²) in [5.41, 5.74) is 5.08. The van der Waals surface area contributed by atoms with Crippen LogP contribution in [0.1, 0.15) is 84.1 Å². The van der Waals surface area contributed by atoms with Crippen LogP contribution in [0.5, 0.6) is 5.75 Å². The predicted octanol–water partition coefficient (Wildman–Crippen LogP) is 3.46. The number of amides is 1. The van der Waals surface area contributed by atoms with E-state index < -0.39 is 12.1 Å². The Kier molecular flexibility index (Phi) is 8.00. The molecule has 216 valence electrons. The first-order valence-corrected chi connectivity index (χ1v) is 15.3. The van der Waals surface area contributed by atoms with E-state index in [2.05, 4.69) is 60.0 Å². The minimum absolute atomic E-state index is 0.0883. The van der Waals surface area contributed by atoms with Crippen LogP contribution in [0.2, 0.25) is 0 Å². The summed E-state index contributed by atoms with van der Waals surface area (Å²) in [5.74, 6) is 0.704. The molecule has 2 aromatic carbocycles. The van der Waals surface area contributed by atoms with Crippen molar-refractivity contribution in [1.29, 1.82) is 0 Å². The Morgan fingerprint density at radius 2 is 1.93 bits per heavy atom. The second-order valence-corrected chi connectivity index (χ2v) is 12.2. The van der Waals surface area contributed by atoms with Crippen molar-refractivity contribution in [3.63, 3.8) is 0 Å². The fourth-order valence-corrected chi connectivity index (χ4v) is 6.69. The van der Waals surface area contributed by atoms with Crippen LogP contribution < -0.4 is 20.9 Å². The van der Waals surface area contributed by atoms with Crippen molar-refractivity contribution in [3.05, 3.63) is 99.0 Å². The van der Waals surface area contributed by atoms with Gasteiger partial charge in [-0.15, -0.1) is 0 Å². The average Bonchev–Trinajstić information content (AvgIpc) is 2.97. The summed E-state index contributed by atoms with van der Waals surface area (Å²) < 4.78 is 8.13. The van der Waals surface area contributed by atoms with Crippen molar-refractivity contribution >= 4 is 5.91 Å². The summed E-state index contributed by atoms with van der Waals surface area (Å²) in [6, 6.07) is 17.8. The van der Waals surface area contributed by atoms with E-state index in [0.717, 1.165) is 56.3 Å². The molecule has 0 saturated heterocycles. The molecule has 1 aliphatic carbocycles. The zero-order valence-electron chi connectivity index (χ0n) is 24.0. The number of nitrogens with one attached hydrogen (secondary N) is 1. The Bertz CT molecular complexity index is 1460. The maximum atomic E-state index is 13.4. The number of aromatic nitrogens is 1. The van der Waals surface area contributed by atoms with Gasteiger partial charge >= 0.3 is 0 Å². The molecule has 1 spiro atoms. The smallest absolute Gasteiger partial charge is 0.253 e. The van der Waals surface area contributed by atoms with Crippen molar-refractivity contribution in [2.45, 2.75) is 95.0 Å². The molecule has 0 radical (unpaired) electrons. The van der Waals surface area contributed by atoms with E-state index in [4.69, 9.17) is 4.74 Å². The molecule has 4 N–H and O–H groups in total. The van der Waals surface area contributed by atoms with Gasteiger partial charge in [0.05, 0.1) is 17.2 Å². The monoisotopic (exact) mass is 556 g/mol. The number of aryl methyl sites for hydroxylation is 3. The van der Waals surface area contributed by atoms with Gasteiger partial charge in [0.1, 0.15) is 30.0 Å². The molecule has 7 nitrogen and oxygen atoms in total. The maximum Gasteiger partial charge on any atom is 0.253 e. The first-order chi connectivity index (χ1) is 19.9. The van der Waals surface area contributed by atoms with Crippen LogP contribution in [0.15, 0.2) is 65.6 Å². The lowest BCUT2D eigenvalue weighted by Crippen LogP contribution is -2.89. The SMILES string of the molecule is CCc1ccc2c(c1)[C@@H]([NH2+]C[C@@H](O)[C@@H]1Cc3cccc(c3)CCCCn3cc(ccc3=O)C(=O)N1)CC1(CCC1)O2. The molecule has 2 aliphatic heterocycles. The molecular formula is C34H42N3O4+. The lowest BCUT2D eigenvalue weighted by molar-refractivity contribution is -0.705. The molecule has 1 fully saturated rings. The van der Waals surface area contributed by atoms with Gasteiger partial charge < -0.3 is 25.0 Å². The molecule has 41 heavy (non-hydrogen) atoms. The van der Waals surface area contributed by atoms with Crippen LogP contribution >= 0.6 is 0 Å². The van der Waals surface area contributed by atoms with Crippen molar-refractivity contribution in [2.75, 3.05) is 6.54 Å². The van der Waals surface area contributed by atoms with Crippen LogP contribution in [0, 0.1) is 0 Å². The van der Waals surface area contributed by atoms with Gasteiger partial charge in [-0.1, -0.05) is 37.3 Å². The van der Waals surface area contributed by atoms with Crippen LogP contribution in [-0.2, 0) is 25.8 Å². The molecule has 4 bridgehead atoms. The number of ether oxygens (including phenoxy) is 1. The van der Waals surface area contributed by atoms with E-state index in [1.54, 1.807) is 16.8 Å². The number of hydrogen-bond acceptors (Lipinski definition) is 4. The normalized spacial score (nSPS) is 22.4. The van der Waals surface area contributed by atoms with Crippen LogP contribution in [-0.4, -0.2) is 39.9 Å². The maximum absolute atomic E-state index is 13.4. The van der Waals surface area contributed by atoms with E-state index in [9.17, 15) is 14.7 Å². The molecule has 3 atom stereocenters. The minimum Gasteiger partial charge on any atom is -0.486 e. The van der Waals surface area contributed by atoms with E-state index in [1.165, 1.54) is 29.2 Å². The van der Waals surface area contributed by atoms with E-state index in [-0.39, 0.29) is 23.1 Å². The molecule has 1 aromatic heterocycles. The number of nitrogens with zero attached hydrogens (tertiary/aromatic N) is 1. The van der Waals surface area contributed by atoms with Gasteiger partial charge in [-0.2, -0.15) is 0 Å². The number of benzene rings is 2. The Balaban J connectivity index is 1.24. The molecular weight excluding hydrogens is 514 g/mol. The van der Waals surface area contributed by atoms with Crippen molar-refractivity contribution in [2.24, 2.45) is 0 Å². The summed E-state index contributed by atoms with van der Waals surface area (Å²) in [4.78, 5) is 25.8. The Hall–Kier alpha value is -3.42. The highest BCUT2D eigenvalue weighted by Crippen LogP contribution is 2.47. The number of nitrogens with two attached hydrogens (primary N) is 1. The Morgan fingerprint density at radius 1 is 1.07 bits per heavy atom. The number of pyridine rings is 1. The van der Waals surface area contributed by atoms with Crippen LogP contribution in [0.25, 0.3) is 0 Å². The lowest BCUT2D eigenvalue weighted by Gasteiger charge is -2.47. The second kappa shape index (κ2) is 11.8. The van der Waals surface area contributed by atoms with E-state index in [0.29, 0.717) is 25.1 Å². The molecule has 1 amide bonds. The molecule has 0 unspecified atom stereocenters. The number of aliphatic hydroxyl groups is 1. The zero-order chi connectivity index (χ0) is 28.4. The molecule has 6 rings (SSSR count). The summed E-state index contributed by atoms with van der Waals surface area (Å²) >= 11 is 0. The van der Waals surface area contributed by atoms with Gasteiger partial charge in [0.2, 0.25) is 0 Å². The standard InChI is InChI=1S/C34H41N3O4/c1-2-23-10-12-31-27(18-23)29(20-34(41-31)14-6-15-34)35-21-30(38)28-19-25-9-5-8-24(17-25)7-3-4-16-37-22-26(33(40)36-28)11-13-32(37)39/h5,8-13,17-18,22,28-30,35,38H,2-4,6-7,14-16,19-21H2,1H3,(H,36,40)/p+1/t28-,29-,30+/m0/s1. The fourth-order valence-electron chi connectivity index (χ4n) is 6.69. The van der Waals surface area contributed by atoms with E-state index in [1.807, 2.05) is 0 Å². The first kappa shape index (κ1) is 27.7. The zero-order valence-corrected chi connectivity index (χ0v) is 24.0. The molecule has 3 heterocycles. The topological polar surface area (TPSA) is 97.2 Å². The Morgan fingerprint density at radius 3 is 2.73 bits per heavy atom. The number of carbonyl (C=O) groups is 1. The highest BCUT2D eigenvalue weighted by Gasteiger charge is 2.47. The number of aliphatic hydroxyl groups excluding tert-OH is 1. The van der Waals surface area contributed by atoms with Crippen molar-refractivity contribution in [1.82, 2.24) is 9.88 Å². The van der Waals surface area contributed by atoms with Gasteiger partial charge in [0.15, 0.2) is 0 Å². The van der Waals surface area contributed by atoms with Gasteiger partial charge in [-0.3, -0.25) is 9.59 Å². The number of carbonyl (C=O) groups excluding carboxylic acids is 1. The van der Waals surface area contributed by atoms with Gasteiger partial charge in [-0.25, -0.2) is 0 Å². The predicted molar refractivity (Wildman–Crippen MR) is 158 cm³/mol. The fraction of sp³-hybridized carbons (Fsp3) is 0.471. The number of fused-ring (bicyclic) bond motifs is 5. The quantitative estimate of drug-likeness (QED) is 0.449. The third-order valence-corrected chi connectivity index (χ3v) is 9.32. The number of hydrogen-bond donors (Lipinski definition) is 3. The highest BCUT2D eigenvalue weighted by molar-refractivity contribution is 5.94. The molecule has 3 aliphatic rings. The molecule has 3 aromatic rings. The molecule has 7 heteroatoms. The van der Waals surface area contributed by atoms with Crippen LogP contribution in [0.3, 0.4) is 0 Å². The summed E-state index contributed by atoms with van der Waals surface area (Å²) in [7, 11) is 0. The third-order valence-electron chi connectivity index (χ3n) is 9.32. The van der Waals surface area contributed by atoms with Crippen molar-refractivity contribution < 1.29 is 20.0 Å². The first-order valence-electron chi connectivity index (χ1n) is 15.3. The third kappa shape index (κ3) is 6.11. The summed E-state index contributed by atoms with van der Waals surface area (Å²) in [6.07, 6.45) is 9.41. The number of rotatable bonds is 5. The lowest BCUT2D eigenvalue weighted by atomic mass is 9.72. The summed E-state index contributed by atoms with van der Waals surface area (Å²) in [6.45, 7) is 3.20. The van der Waals surface area contributed by atoms with Crippen molar-refractivity contribution in [3.8, 4) is 5.75 Å². The van der Waals surface area contributed by atoms with Crippen LogP contribution in [0.4, 0.5) is 0 Å². The Labute approximate surface area is 241 Å². The van der Waals surface area contributed by atoms with Gasteiger partial charge in [0, 0.05) is 25.2 Å². The van der Waals surface area contributed by atoms with E-state index >= 15 is 0 Å². The largest absolute Gasteiger partial charge is 0.486 e. The second-order valence-electron chi connectivity index (χ2n) is 12.2. The average molecular weight is 557 g/mol. The number of quaternary nitrogens is 1. The highest BCUT2D eigenvalue weighted by atomic mass is 16.5. The van der Waals surface area contributed by atoms with Gasteiger partial charge in [0.25, 0.3) is 11.5 Å². The minimum atomic E-state index is -0.764. The van der Waals surface area contributed by atoms with Gasteiger partial charge in [-0.05, 0) is 86.3 Å². The molecule has 1 saturated carbocycles. The summed E-state index contributed by atoms with van der Waals surface area (Å²) in [5, 5.41) is 17.0.